The van der Waals surface area contributed by atoms with Crippen molar-refractivity contribution < 1.29 is 14.0 Å². The maximum Gasteiger partial charge on any atom is 0.240 e. The van der Waals surface area contributed by atoms with Crippen LogP contribution >= 0.6 is 0 Å². The van der Waals surface area contributed by atoms with Gasteiger partial charge in [0.15, 0.2) is 0 Å². The van der Waals surface area contributed by atoms with Gasteiger partial charge in [-0.05, 0) is 38.5 Å². The van der Waals surface area contributed by atoms with Crippen molar-refractivity contribution in [1.29, 1.82) is 0 Å². The normalized spacial score (nSPS) is 11.4. The van der Waals surface area contributed by atoms with Gasteiger partial charge in [-0.3, -0.25) is 14.5 Å². The Morgan fingerprint density at radius 3 is 2.30 bits per heavy atom. The van der Waals surface area contributed by atoms with Crippen LogP contribution in [0.25, 0.3) is 0 Å². The second-order valence-corrected chi connectivity index (χ2v) is 7.76. The molecule has 0 saturated carbocycles. The summed E-state index contributed by atoms with van der Waals surface area (Å²) in [6.07, 6.45) is 1.63. The number of furan rings is 1. The van der Waals surface area contributed by atoms with E-state index in [-0.39, 0.29) is 30.4 Å². The summed E-state index contributed by atoms with van der Waals surface area (Å²) in [5, 5.41) is 2.87. The molecule has 1 aromatic carbocycles. The molecule has 27 heavy (non-hydrogen) atoms. The molecule has 6 nitrogen and oxygen atoms in total. The lowest BCUT2D eigenvalue weighted by atomic mass is 10.1. The monoisotopic (exact) mass is 371 g/mol. The fourth-order valence-corrected chi connectivity index (χ4v) is 2.71. The molecule has 2 amide bonds. The fourth-order valence-electron chi connectivity index (χ4n) is 2.71. The van der Waals surface area contributed by atoms with E-state index in [4.69, 9.17) is 4.42 Å². The van der Waals surface area contributed by atoms with Crippen LogP contribution in [-0.2, 0) is 22.7 Å². The molecular formula is C21H29N3O3. The van der Waals surface area contributed by atoms with Crippen LogP contribution in [0.15, 0.2) is 53.1 Å². The van der Waals surface area contributed by atoms with Gasteiger partial charge in [-0.15, -0.1) is 0 Å². The molecule has 1 aromatic heterocycles. The Morgan fingerprint density at radius 1 is 1.00 bits per heavy atom. The summed E-state index contributed by atoms with van der Waals surface area (Å²) in [6.45, 7) is 7.13. The highest BCUT2D eigenvalue weighted by atomic mass is 16.3. The van der Waals surface area contributed by atoms with E-state index in [1.165, 1.54) is 4.90 Å². The van der Waals surface area contributed by atoms with E-state index in [1.54, 1.807) is 13.3 Å². The first-order valence-corrected chi connectivity index (χ1v) is 9.06. The van der Waals surface area contributed by atoms with Crippen LogP contribution in [-0.4, -0.2) is 47.3 Å². The van der Waals surface area contributed by atoms with Gasteiger partial charge in [-0.25, -0.2) is 0 Å². The minimum Gasteiger partial charge on any atom is -0.468 e. The van der Waals surface area contributed by atoms with Gasteiger partial charge in [-0.2, -0.15) is 0 Å². The van der Waals surface area contributed by atoms with Crippen molar-refractivity contribution >= 4 is 11.8 Å². The quantitative estimate of drug-likeness (QED) is 0.775. The van der Waals surface area contributed by atoms with Gasteiger partial charge in [0.05, 0.1) is 25.9 Å². The van der Waals surface area contributed by atoms with Crippen LogP contribution in [0.3, 0.4) is 0 Å². The molecule has 1 N–H and O–H groups in total. The molecule has 0 unspecified atom stereocenters. The lowest BCUT2D eigenvalue weighted by Crippen LogP contribution is -2.47. The number of nitrogens with zero attached hydrogens (tertiary/aromatic N) is 2. The summed E-state index contributed by atoms with van der Waals surface area (Å²) in [5.41, 5.74) is 0.796. The molecule has 0 atom stereocenters. The van der Waals surface area contributed by atoms with Crippen molar-refractivity contribution in [2.45, 2.75) is 39.4 Å². The number of benzene rings is 1. The number of hydrogen-bond donors (Lipinski definition) is 1. The standard InChI is InChI=1S/C21H29N3O3/c1-21(2,3)22-19(25)15-23(4)20(26)16-24(14-18-11-8-12-27-18)13-17-9-6-5-7-10-17/h5-12H,13-16H2,1-4H3,(H,22,25). The third kappa shape index (κ3) is 7.66. The van der Waals surface area contributed by atoms with E-state index in [9.17, 15) is 9.59 Å². The fraction of sp³-hybridized carbons (Fsp3) is 0.429. The van der Waals surface area contributed by atoms with Gasteiger partial charge in [0.1, 0.15) is 5.76 Å². The zero-order valence-corrected chi connectivity index (χ0v) is 16.6. The summed E-state index contributed by atoms with van der Waals surface area (Å²) >= 11 is 0. The van der Waals surface area contributed by atoms with E-state index < -0.39 is 0 Å². The number of carbonyl (C=O) groups excluding carboxylic acids is 2. The minimum atomic E-state index is -0.320. The van der Waals surface area contributed by atoms with Gasteiger partial charge in [0.2, 0.25) is 11.8 Å². The summed E-state index contributed by atoms with van der Waals surface area (Å²) < 4.78 is 5.43. The van der Waals surface area contributed by atoms with Crippen LogP contribution < -0.4 is 5.32 Å². The van der Waals surface area contributed by atoms with E-state index in [2.05, 4.69) is 5.32 Å². The van der Waals surface area contributed by atoms with Gasteiger partial charge in [-0.1, -0.05) is 30.3 Å². The second kappa shape index (κ2) is 9.37. The number of carbonyl (C=O) groups is 2. The van der Waals surface area contributed by atoms with Crippen LogP contribution in [0.2, 0.25) is 0 Å². The number of hydrogen-bond acceptors (Lipinski definition) is 4. The highest BCUT2D eigenvalue weighted by Gasteiger charge is 2.20. The molecule has 2 rings (SSSR count). The smallest absolute Gasteiger partial charge is 0.240 e. The Kier molecular flexibility index (Phi) is 7.19. The van der Waals surface area contributed by atoms with Crippen LogP contribution in [0.5, 0.6) is 0 Å². The lowest BCUT2D eigenvalue weighted by Gasteiger charge is -2.26. The Labute approximate surface area is 161 Å². The first-order valence-electron chi connectivity index (χ1n) is 9.06. The average molecular weight is 371 g/mol. The molecular weight excluding hydrogens is 342 g/mol. The van der Waals surface area contributed by atoms with Crippen molar-refractivity contribution in [3.05, 3.63) is 60.1 Å². The predicted octanol–water partition coefficient (Wildman–Crippen LogP) is 2.65. The highest BCUT2D eigenvalue weighted by Crippen LogP contribution is 2.11. The number of nitrogens with one attached hydrogen (secondary N) is 1. The summed E-state index contributed by atoms with van der Waals surface area (Å²) in [6, 6.07) is 13.7. The van der Waals surface area contributed by atoms with Crippen molar-refractivity contribution in [3.8, 4) is 0 Å². The van der Waals surface area contributed by atoms with Gasteiger partial charge < -0.3 is 14.6 Å². The van der Waals surface area contributed by atoms with Gasteiger partial charge in [0.25, 0.3) is 0 Å². The minimum absolute atomic E-state index is 0.0377. The molecule has 0 saturated heterocycles. The summed E-state index contributed by atoms with van der Waals surface area (Å²) in [7, 11) is 1.65. The Morgan fingerprint density at radius 2 is 1.70 bits per heavy atom. The molecule has 0 aliphatic carbocycles. The van der Waals surface area contributed by atoms with E-state index >= 15 is 0 Å². The van der Waals surface area contributed by atoms with Crippen molar-refractivity contribution in [2.24, 2.45) is 0 Å². The lowest BCUT2D eigenvalue weighted by molar-refractivity contribution is -0.136. The average Bonchev–Trinajstić information content (AvgIpc) is 3.06. The molecule has 1 heterocycles. The molecule has 2 aromatic rings. The zero-order chi connectivity index (χ0) is 19.9. The molecule has 0 spiro atoms. The first-order chi connectivity index (χ1) is 12.7. The summed E-state index contributed by atoms with van der Waals surface area (Å²) in [4.78, 5) is 28.2. The topological polar surface area (TPSA) is 65.8 Å². The number of amides is 2. The molecule has 0 bridgehead atoms. The molecule has 146 valence electrons. The summed E-state index contributed by atoms with van der Waals surface area (Å²) in [5.74, 6) is 0.521. The van der Waals surface area contributed by atoms with Crippen molar-refractivity contribution in [3.63, 3.8) is 0 Å². The molecule has 0 radical (unpaired) electrons. The largest absolute Gasteiger partial charge is 0.468 e. The van der Waals surface area contributed by atoms with Crippen molar-refractivity contribution in [2.75, 3.05) is 20.1 Å². The molecule has 0 fully saturated rings. The highest BCUT2D eigenvalue weighted by molar-refractivity contribution is 5.85. The number of likely N-dealkylation sites (N-methyl/N-ethyl adjacent to an activating group) is 1. The van der Waals surface area contributed by atoms with Crippen LogP contribution in [0.4, 0.5) is 0 Å². The van der Waals surface area contributed by atoms with Crippen molar-refractivity contribution in [1.82, 2.24) is 15.1 Å². The van der Waals surface area contributed by atoms with Crippen LogP contribution in [0, 0.1) is 0 Å². The molecule has 0 aliphatic rings. The maximum atomic E-state index is 12.6. The first kappa shape index (κ1) is 20.7. The Hall–Kier alpha value is -2.60. The molecule has 0 aliphatic heterocycles. The van der Waals surface area contributed by atoms with Gasteiger partial charge >= 0.3 is 0 Å². The predicted molar refractivity (Wildman–Crippen MR) is 105 cm³/mol. The van der Waals surface area contributed by atoms with Crippen LogP contribution in [0.1, 0.15) is 32.1 Å². The third-order valence-corrected chi connectivity index (χ3v) is 3.89. The van der Waals surface area contributed by atoms with E-state index in [0.29, 0.717) is 13.1 Å². The SMILES string of the molecule is CN(CC(=O)NC(C)(C)C)C(=O)CN(Cc1ccccc1)Cc1ccco1. The zero-order valence-electron chi connectivity index (χ0n) is 16.6. The van der Waals surface area contributed by atoms with E-state index in [1.807, 2.05) is 68.1 Å². The second-order valence-electron chi connectivity index (χ2n) is 7.76. The Bertz CT molecular complexity index is 721. The Balaban J connectivity index is 1.98. The number of rotatable bonds is 8. The molecule has 6 heteroatoms. The van der Waals surface area contributed by atoms with E-state index in [0.717, 1.165) is 11.3 Å². The third-order valence-electron chi connectivity index (χ3n) is 3.89. The maximum absolute atomic E-state index is 12.6. The van der Waals surface area contributed by atoms with Gasteiger partial charge in [0, 0.05) is 19.1 Å².